The number of carbonyl (C=O) groups excluding carboxylic acids is 1. The number of amides is 1. The molecule has 10 heteroatoms. The molecule has 0 unspecified atom stereocenters. The molecule has 0 aliphatic rings. The Morgan fingerprint density at radius 2 is 2.10 bits per heavy atom. The van der Waals surface area contributed by atoms with E-state index in [1.165, 1.54) is 18.2 Å². The van der Waals surface area contributed by atoms with Crippen LogP contribution in [0.5, 0.6) is 0 Å². The number of rotatable bonds is 5. The Balaban J connectivity index is 1.60. The van der Waals surface area contributed by atoms with Gasteiger partial charge in [-0.1, -0.05) is 11.6 Å². The summed E-state index contributed by atoms with van der Waals surface area (Å²) >= 11 is 7.55. The number of nitrogens with zero attached hydrogens (tertiary/aromatic N) is 3. The Hall–Kier alpha value is -3.04. The van der Waals surface area contributed by atoms with Crippen molar-refractivity contribution in [2.75, 3.05) is 5.32 Å². The Morgan fingerprint density at radius 3 is 2.90 bits per heavy atom. The van der Waals surface area contributed by atoms with Crippen LogP contribution in [-0.2, 0) is 0 Å². The zero-order valence-corrected chi connectivity index (χ0v) is 17.0. The first-order valence-electron chi connectivity index (χ1n) is 8.75. The molecule has 2 heterocycles. The minimum Gasteiger partial charge on any atom is -0.350 e. The fourth-order valence-corrected chi connectivity index (χ4v) is 3.63. The Bertz CT molecular complexity index is 1200. The number of aromatic amines is 1. The van der Waals surface area contributed by atoms with Gasteiger partial charge >= 0.3 is 0 Å². The lowest BCUT2D eigenvalue weighted by Gasteiger charge is -2.09. The largest absolute Gasteiger partial charge is 0.350 e. The van der Waals surface area contributed by atoms with E-state index in [-0.39, 0.29) is 11.6 Å². The van der Waals surface area contributed by atoms with Gasteiger partial charge in [-0.15, -0.1) is 0 Å². The minimum absolute atomic E-state index is 0.0473. The molecule has 0 spiro atoms. The normalized spacial score (nSPS) is 11.2. The average Bonchev–Trinajstić information content (AvgIpc) is 3.33. The lowest BCUT2D eigenvalue weighted by atomic mass is 10.1. The summed E-state index contributed by atoms with van der Waals surface area (Å²) in [6.07, 6.45) is 1.65. The van der Waals surface area contributed by atoms with E-state index in [0.29, 0.717) is 27.2 Å². The number of hydrogen-bond donors (Lipinski definition) is 3. The Morgan fingerprint density at radius 1 is 1.28 bits per heavy atom. The van der Waals surface area contributed by atoms with Crippen molar-refractivity contribution < 1.29 is 9.18 Å². The molecule has 4 aromatic rings. The van der Waals surface area contributed by atoms with E-state index >= 15 is 0 Å². The highest BCUT2D eigenvalue weighted by molar-refractivity contribution is 7.10. The first-order valence-corrected chi connectivity index (χ1v) is 9.90. The first-order chi connectivity index (χ1) is 13.9. The van der Waals surface area contributed by atoms with Crippen LogP contribution < -0.4 is 10.6 Å². The molecule has 0 saturated carbocycles. The summed E-state index contributed by atoms with van der Waals surface area (Å²) in [5.41, 5.74) is 1.99. The van der Waals surface area contributed by atoms with E-state index in [4.69, 9.17) is 11.6 Å². The van der Waals surface area contributed by atoms with Crippen molar-refractivity contribution in [2.45, 2.75) is 19.9 Å². The molecule has 7 nitrogen and oxygen atoms in total. The van der Waals surface area contributed by atoms with Gasteiger partial charge in [-0.25, -0.2) is 4.39 Å². The van der Waals surface area contributed by atoms with Crippen molar-refractivity contribution in [1.29, 1.82) is 0 Å². The van der Waals surface area contributed by atoms with E-state index < -0.39 is 11.7 Å². The monoisotopic (exact) mass is 430 g/mol. The summed E-state index contributed by atoms with van der Waals surface area (Å²) < 4.78 is 18.4. The van der Waals surface area contributed by atoms with Crippen molar-refractivity contribution in [3.8, 4) is 11.4 Å². The fourth-order valence-electron chi connectivity index (χ4n) is 2.76. The van der Waals surface area contributed by atoms with E-state index in [1.807, 2.05) is 26.0 Å². The van der Waals surface area contributed by atoms with Crippen LogP contribution in [0.1, 0.15) is 24.2 Å². The number of aromatic nitrogens is 4. The topological polar surface area (TPSA) is 95.6 Å². The molecule has 0 fully saturated rings. The third-order valence-corrected chi connectivity index (χ3v) is 5.15. The summed E-state index contributed by atoms with van der Waals surface area (Å²) in [6.45, 7) is 3.62. The number of anilines is 2. The van der Waals surface area contributed by atoms with Gasteiger partial charge in [0.15, 0.2) is 5.82 Å². The molecule has 0 bridgehead atoms. The van der Waals surface area contributed by atoms with Crippen molar-refractivity contribution in [2.24, 2.45) is 0 Å². The predicted molar refractivity (Wildman–Crippen MR) is 112 cm³/mol. The molecule has 1 amide bonds. The molecule has 29 heavy (non-hydrogen) atoms. The van der Waals surface area contributed by atoms with Gasteiger partial charge in [0.25, 0.3) is 5.91 Å². The molecule has 0 aliphatic heterocycles. The molecular formula is C19H16ClFN6OS. The maximum atomic E-state index is 14.1. The van der Waals surface area contributed by atoms with E-state index in [2.05, 4.69) is 30.2 Å². The van der Waals surface area contributed by atoms with Crippen LogP contribution in [0, 0.1) is 5.82 Å². The van der Waals surface area contributed by atoms with Gasteiger partial charge in [-0.05, 0) is 44.2 Å². The van der Waals surface area contributed by atoms with Gasteiger partial charge in [-0.3, -0.25) is 9.89 Å². The maximum absolute atomic E-state index is 14.1. The third kappa shape index (κ3) is 3.92. The van der Waals surface area contributed by atoms with Crippen molar-refractivity contribution in [1.82, 2.24) is 24.9 Å². The molecule has 0 aliphatic carbocycles. The molecule has 2 aromatic carbocycles. The van der Waals surface area contributed by atoms with Crippen LogP contribution in [-0.4, -0.2) is 31.5 Å². The van der Waals surface area contributed by atoms with Gasteiger partial charge in [-0.2, -0.15) is 14.5 Å². The lowest BCUT2D eigenvalue weighted by molar-refractivity contribution is 0.0939. The van der Waals surface area contributed by atoms with Crippen molar-refractivity contribution >= 4 is 50.8 Å². The molecule has 0 saturated heterocycles. The predicted octanol–water partition coefficient (Wildman–Crippen LogP) is 4.76. The summed E-state index contributed by atoms with van der Waals surface area (Å²) in [5, 5.41) is 14.5. The molecule has 4 rings (SSSR count). The second-order valence-corrected chi connectivity index (χ2v) is 7.76. The second-order valence-electron chi connectivity index (χ2n) is 6.63. The fraction of sp³-hybridized carbons (Fsp3) is 0.158. The molecular weight excluding hydrogens is 415 g/mol. The van der Waals surface area contributed by atoms with Crippen LogP contribution in [0.2, 0.25) is 5.02 Å². The van der Waals surface area contributed by atoms with Gasteiger partial charge in [0, 0.05) is 28.5 Å². The molecule has 2 aromatic heterocycles. The summed E-state index contributed by atoms with van der Waals surface area (Å²) in [6, 6.07) is 7.80. The average molecular weight is 431 g/mol. The highest BCUT2D eigenvalue weighted by Gasteiger charge is 2.16. The zero-order valence-electron chi connectivity index (χ0n) is 15.5. The number of halogens is 2. The highest BCUT2D eigenvalue weighted by atomic mass is 35.5. The van der Waals surface area contributed by atoms with Crippen molar-refractivity contribution in [3.63, 3.8) is 0 Å². The molecule has 0 atom stereocenters. The van der Waals surface area contributed by atoms with Crippen LogP contribution in [0.25, 0.3) is 22.3 Å². The summed E-state index contributed by atoms with van der Waals surface area (Å²) in [7, 11) is 0. The molecule has 0 radical (unpaired) electrons. The van der Waals surface area contributed by atoms with Crippen LogP contribution in [0.3, 0.4) is 0 Å². The smallest absolute Gasteiger partial charge is 0.254 e. The number of benzene rings is 2. The van der Waals surface area contributed by atoms with E-state index in [9.17, 15) is 9.18 Å². The Kier molecular flexibility index (Phi) is 5.16. The summed E-state index contributed by atoms with van der Waals surface area (Å²) in [5.74, 6) is -0.689. The maximum Gasteiger partial charge on any atom is 0.254 e. The van der Waals surface area contributed by atoms with Crippen LogP contribution in [0.4, 0.5) is 15.2 Å². The highest BCUT2D eigenvalue weighted by Crippen LogP contribution is 2.33. The first kappa shape index (κ1) is 19.3. The van der Waals surface area contributed by atoms with E-state index in [1.54, 1.807) is 6.20 Å². The number of fused-ring (bicyclic) bond motifs is 1. The van der Waals surface area contributed by atoms with Gasteiger partial charge in [0.05, 0.1) is 28.0 Å². The molecule has 148 valence electrons. The van der Waals surface area contributed by atoms with Gasteiger partial charge in [0.1, 0.15) is 5.82 Å². The van der Waals surface area contributed by atoms with Crippen LogP contribution >= 0.6 is 23.1 Å². The van der Waals surface area contributed by atoms with E-state index in [0.717, 1.165) is 22.4 Å². The standard InChI is InChI=1S/C19H16ClFN6OS/c1-9(2)23-18(28)11-7-10(3-4-13(11)21)17-25-19(29-27-17)24-15-6-5-14-12(16(15)20)8-22-26-14/h3-9H,1-2H3,(H,22,26)(H,23,28)(H,24,25,27). The molecule has 3 N–H and O–H groups in total. The quantitative estimate of drug-likeness (QED) is 0.424. The number of carbonyl (C=O) groups is 1. The lowest BCUT2D eigenvalue weighted by Crippen LogP contribution is -2.30. The number of hydrogen-bond acceptors (Lipinski definition) is 6. The van der Waals surface area contributed by atoms with Gasteiger partial charge < -0.3 is 10.6 Å². The third-order valence-electron chi connectivity index (χ3n) is 4.12. The second kappa shape index (κ2) is 7.76. The minimum atomic E-state index is -0.597. The number of H-pyrrole nitrogens is 1. The SMILES string of the molecule is CC(C)NC(=O)c1cc(-c2nsc(Nc3ccc4[nH]ncc4c3Cl)n2)ccc1F. The van der Waals surface area contributed by atoms with Crippen LogP contribution in [0.15, 0.2) is 36.5 Å². The Labute approximate surface area is 174 Å². The van der Waals surface area contributed by atoms with Crippen molar-refractivity contribution in [3.05, 3.63) is 52.9 Å². The number of nitrogens with one attached hydrogen (secondary N) is 3. The zero-order chi connectivity index (χ0) is 20.5. The van der Waals surface area contributed by atoms with Gasteiger partial charge in [0.2, 0.25) is 5.13 Å². The summed E-state index contributed by atoms with van der Waals surface area (Å²) in [4.78, 5) is 16.6.